The molecule has 21 heavy (non-hydrogen) atoms. The highest BCUT2D eigenvalue weighted by atomic mass is 16.6. The van der Waals surface area contributed by atoms with E-state index in [4.69, 9.17) is 4.74 Å². The topological polar surface area (TPSA) is 70.0 Å². The fourth-order valence-electron chi connectivity index (χ4n) is 3.26. The first-order chi connectivity index (χ1) is 10.1. The van der Waals surface area contributed by atoms with Crippen LogP contribution in [0.3, 0.4) is 0 Å². The Morgan fingerprint density at radius 2 is 1.95 bits per heavy atom. The Hall–Kier alpha value is -1.59. The molecule has 1 aliphatic heterocycles. The first kappa shape index (κ1) is 14.4. The van der Waals surface area contributed by atoms with Crippen molar-refractivity contribution in [1.82, 2.24) is 4.90 Å². The van der Waals surface area contributed by atoms with Gasteiger partial charge in [-0.1, -0.05) is 30.3 Å². The van der Waals surface area contributed by atoms with Gasteiger partial charge in [0.05, 0.1) is 18.8 Å². The minimum atomic E-state index is -0.888. The zero-order valence-electron chi connectivity index (χ0n) is 11.9. The SMILES string of the molecule is O=C(OCc1ccccc1)N1C[C@@H](O)[C@@H](O)CC12CCC2. The predicted octanol–water partition coefficient (Wildman–Crippen LogP) is 1.67. The van der Waals surface area contributed by atoms with Crippen molar-refractivity contribution in [2.75, 3.05) is 6.54 Å². The highest BCUT2D eigenvalue weighted by molar-refractivity contribution is 5.69. The number of amides is 1. The van der Waals surface area contributed by atoms with Gasteiger partial charge in [-0.15, -0.1) is 0 Å². The van der Waals surface area contributed by atoms with E-state index in [2.05, 4.69) is 0 Å². The van der Waals surface area contributed by atoms with Gasteiger partial charge in [-0.05, 0) is 31.2 Å². The summed E-state index contributed by atoms with van der Waals surface area (Å²) in [6.07, 6.45) is 1.20. The zero-order valence-corrected chi connectivity index (χ0v) is 11.9. The summed E-state index contributed by atoms with van der Waals surface area (Å²) in [6.45, 7) is 0.375. The Kier molecular flexibility index (Phi) is 3.87. The molecule has 5 nitrogen and oxygen atoms in total. The zero-order chi connectivity index (χ0) is 14.9. The van der Waals surface area contributed by atoms with Crippen LogP contribution in [0.1, 0.15) is 31.2 Å². The number of β-amino-alcohol motifs (C(OH)–C–C–N with tert-alkyl or cyclic N) is 1. The molecule has 1 aliphatic carbocycles. The normalized spacial score (nSPS) is 27.2. The molecule has 0 aromatic heterocycles. The summed E-state index contributed by atoms with van der Waals surface area (Å²) in [5, 5.41) is 19.7. The fourth-order valence-corrected chi connectivity index (χ4v) is 3.26. The summed E-state index contributed by atoms with van der Waals surface area (Å²) < 4.78 is 5.38. The molecule has 1 saturated carbocycles. The third kappa shape index (κ3) is 2.76. The molecular weight excluding hydrogens is 270 g/mol. The van der Waals surface area contributed by atoms with Gasteiger partial charge in [0.15, 0.2) is 0 Å². The number of carbonyl (C=O) groups excluding carboxylic acids is 1. The van der Waals surface area contributed by atoms with E-state index >= 15 is 0 Å². The number of aliphatic hydroxyl groups excluding tert-OH is 2. The number of piperidine rings is 1. The van der Waals surface area contributed by atoms with Crippen LogP contribution in [-0.4, -0.2) is 45.5 Å². The average molecular weight is 291 g/mol. The highest BCUT2D eigenvalue weighted by Crippen LogP contribution is 2.44. The van der Waals surface area contributed by atoms with Crippen molar-refractivity contribution in [1.29, 1.82) is 0 Å². The Bertz CT molecular complexity index is 500. The van der Waals surface area contributed by atoms with Crippen molar-refractivity contribution >= 4 is 6.09 Å². The van der Waals surface area contributed by atoms with Crippen LogP contribution in [0.15, 0.2) is 30.3 Å². The lowest BCUT2D eigenvalue weighted by molar-refractivity contribution is -0.115. The van der Waals surface area contributed by atoms with Crippen LogP contribution < -0.4 is 0 Å². The monoisotopic (exact) mass is 291 g/mol. The molecule has 114 valence electrons. The van der Waals surface area contributed by atoms with Crippen molar-refractivity contribution < 1.29 is 19.7 Å². The molecule has 2 atom stereocenters. The minimum absolute atomic E-state index is 0.148. The molecule has 0 radical (unpaired) electrons. The number of benzene rings is 1. The molecule has 2 N–H and O–H groups in total. The quantitative estimate of drug-likeness (QED) is 0.869. The van der Waals surface area contributed by atoms with Crippen molar-refractivity contribution in [2.24, 2.45) is 0 Å². The summed E-state index contributed by atoms with van der Waals surface area (Å²) in [5.74, 6) is 0. The molecule has 0 bridgehead atoms. The van der Waals surface area contributed by atoms with Crippen LogP contribution in [0.4, 0.5) is 4.79 Å². The van der Waals surface area contributed by atoms with E-state index in [1.807, 2.05) is 30.3 Å². The van der Waals surface area contributed by atoms with E-state index in [-0.39, 0.29) is 18.7 Å². The van der Waals surface area contributed by atoms with E-state index in [1.54, 1.807) is 4.90 Å². The molecule has 1 amide bonds. The second-order valence-corrected chi connectivity index (χ2v) is 6.07. The smallest absolute Gasteiger partial charge is 0.410 e. The van der Waals surface area contributed by atoms with Gasteiger partial charge in [-0.25, -0.2) is 4.79 Å². The van der Waals surface area contributed by atoms with Gasteiger partial charge in [-0.3, -0.25) is 4.90 Å². The first-order valence-corrected chi connectivity index (χ1v) is 7.45. The molecule has 1 aromatic carbocycles. The van der Waals surface area contributed by atoms with Crippen molar-refractivity contribution in [3.8, 4) is 0 Å². The maximum absolute atomic E-state index is 12.3. The molecule has 0 unspecified atom stereocenters. The number of hydrogen-bond donors (Lipinski definition) is 2. The number of likely N-dealkylation sites (tertiary alicyclic amines) is 1. The number of hydrogen-bond acceptors (Lipinski definition) is 4. The van der Waals surface area contributed by atoms with E-state index < -0.39 is 18.3 Å². The van der Waals surface area contributed by atoms with Crippen LogP contribution in [0, 0.1) is 0 Å². The molecule has 3 rings (SSSR count). The van der Waals surface area contributed by atoms with Crippen molar-refractivity contribution in [3.63, 3.8) is 0 Å². The summed E-state index contributed by atoms with van der Waals surface area (Å²) in [6, 6.07) is 9.52. The van der Waals surface area contributed by atoms with Gasteiger partial charge in [-0.2, -0.15) is 0 Å². The van der Waals surface area contributed by atoms with Crippen LogP contribution in [0.25, 0.3) is 0 Å². The third-order valence-corrected chi connectivity index (χ3v) is 4.69. The van der Waals surface area contributed by atoms with Crippen LogP contribution in [0.2, 0.25) is 0 Å². The summed E-state index contributed by atoms with van der Waals surface area (Å²) >= 11 is 0. The van der Waals surface area contributed by atoms with Crippen molar-refractivity contribution in [2.45, 2.75) is 50.0 Å². The maximum Gasteiger partial charge on any atom is 0.410 e. The fraction of sp³-hybridized carbons (Fsp3) is 0.562. The molecule has 1 heterocycles. The average Bonchev–Trinajstić information content (AvgIpc) is 2.46. The number of ether oxygens (including phenoxy) is 1. The van der Waals surface area contributed by atoms with Crippen molar-refractivity contribution in [3.05, 3.63) is 35.9 Å². The Labute approximate surface area is 124 Å². The van der Waals surface area contributed by atoms with Gasteiger partial charge < -0.3 is 14.9 Å². The van der Waals surface area contributed by atoms with Gasteiger partial charge in [0.1, 0.15) is 6.61 Å². The molecular formula is C16H21NO4. The van der Waals surface area contributed by atoms with Crippen LogP contribution in [0.5, 0.6) is 0 Å². The molecule has 1 spiro atoms. The Balaban J connectivity index is 1.65. The van der Waals surface area contributed by atoms with Gasteiger partial charge in [0.25, 0.3) is 0 Å². The maximum atomic E-state index is 12.3. The standard InChI is InChI=1S/C16H21NO4/c18-13-9-16(7-4-8-16)17(10-14(13)19)15(20)21-11-12-5-2-1-3-6-12/h1-3,5-6,13-14,18-19H,4,7-11H2/t13-,14+/m0/s1. The predicted molar refractivity (Wildman–Crippen MR) is 76.5 cm³/mol. The van der Waals surface area contributed by atoms with Gasteiger partial charge in [0, 0.05) is 5.54 Å². The second kappa shape index (κ2) is 5.66. The molecule has 2 fully saturated rings. The van der Waals surface area contributed by atoms with E-state index in [0.29, 0.717) is 6.42 Å². The molecule has 1 saturated heterocycles. The summed E-state index contributed by atoms with van der Waals surface area (Å²) in [5.41, 5.74) is 0.623. The molecule has 2 aliphatic rings. The van der Waals surface area contributed by atoms with Crippen LogP contribution in [-0.2, 0) is 11.3 Å². The lowest BCUT2D eigenvalue weighted by Crippen LogP contribution is -2.65. The minimum Gasteiger partial charge on any atom is -0.445 e. The lowest BCUT2D eigenvalue weighted by Gasteiger charge is -2.54. The molecule has 5 heteroatoms. The number of nitrogens with zero attached hydrogens (tertiary/aromatic N) is 1. The van der Waals surface area contributed by atoms with E-state index in [1.165, 1.54) is 0 Å². The Morgan fingerprint density at radius 1 is 1.24 bits per heavy atom. The summed E-state index contributed by atoms with van der Waals surface area (Å²) in [7, 11) is 0. The largest absolute Gasteiger partial charge is 0.445 e. The highest BCUT2D eigenvalue weighted by Gasteiger charge is 2.51. The first-order valence-electron chi connectivity index (χ1n) is 7.45. The van der Waals surface area contributed by atoms with Gasteiger partial charge >= 0.3 is 6.09 Å². The third-order valence-electron chi connectivity index (χ3n) is 4.69. The van der Waals surface area contributed by atoms with Gasteiger partial charge in [0.2, 0.25) is 0 Å². The molecule has 1 aromatic rings. The van der Waals surface area contributed by atoms with E-state index in [0.717, 1.165) is 24.8 Å². The Morgan fingerprint density at radius 3 is 2.57 bits per heavy atom. The number of rotatable bonds is 2. The second-order valence-electron chi connectivity index (χ2n) is 6.07. The number of carbonyl (C=O) groups is 1. The lowest BCUT2D eigenvalue weighted by atomic mass is 9.69. The van der Waals surface area contributed by atoms with Crippen LogP contribution >= 0.6 is 0 Å². The summed E-state index contributed by atoms with van der Waals surface area (Å²) in [4.78, 5) is 14.0. The number of aliphatic hydroxyl groups is 2. The van der Waals surface area contributed by atoms with E-state index in [9.17, 15) is 15.0 Å².